The van der Waals surface area contributed by atoms with Crippen LogP contribution in [0.3, 0.4) is 0 Å². The Balaban J connectivity index is 1.74. The monoisotopic (exact) mass is 422 g/mol. The molecule has 0 aliphatic heterocycles. The summed E-state index contributed by atoms with van der Waals surface area (Å²) in [6.45, 7) is 2.22. The van der Waals surface area contributed by atoms with Gasteiger partial charge >= 0.3 is 0 Å². The van der Waals surface area contributed by atoms with Gasteiger partial charge in [-0.2, -0.15) is 0 Å². The summed E-state index contributed by atoms with van der Waals surface area (Å²) in [7, 11) is 0. The number of thioether (sulfide) groups is 2. The van der Waals surface area contributed by atoms with Gasteiger partial charge in [0.05, 0.1) is 0 Å². The lowest BCUT2D eigenvalue weighted by Gasteiger charge is -2.24. The molecule has 0 saturated heterocycles. The minimum Gasteiger partial charge on any atom is -0.207 e. The third kappa shape index (κ3) is 4.41. The molecule has 2 aromatic carbocycles. The number of rotatable bonds is 6. The van der Waals surface area contributed by atoms with Crippen LogP contribution in [0.1, 0.15) is 48.8 Å². The Morgan fingerprint density at radius 2 is 1.76 bits per heavy atom. The second-order valence-electron chi connectivity index (χ2n) is 7.86. The first kappa shape index (κ1) is 20.6. The topological polar surface area (TPSA) is 0 Å². The standard InChI is InChI=1S/C26H27FS2/c1-17-14-20-16-21(27)8-13-24(20)26(17)25(19-6-11-23(29-3)12-7-19)15-18-4-9-22(28-2)10-5-18/h4,6-9,11-13,16,25H,5,10,14-15H2,1-3H3. The minimum absolute atomic E-state index is 0.136. The van der Waals surface area contributed by atoms with Gasteiger partial charge < -0.3 is 0 Å². The van der Waals surface area contributed by atoms with E-state index in [1.807, 2.05) is 17.8 Å². The molecule has 0 aromatic heterocycles. The van der Waals surface area contributed by atoms with E-state index in [1.165, 1.54) is 37.6 Å². The largest absolute Gasteiger partial charge is 0.207 e. The molecule has 0 fully saturated rings. The van der Waals surface area contributed by atoms with E-state index < -0.39 is 0 Å². The molecule has 0 radical (unpaired) electrons. The number of hydrogen-bond donors (Lipinski definition) is 0. The first-order valence-corrected chi connectivity index (χ1v) is 12.6. The van der Waals surface area contributed by atoms with E-state index >= 15 is 0 Å². The van der Waals surface area contributed by atoms with Crippen molar-refractivity contribution in [2.45, 2.75) is 43.4 Å². The van der Waals surface area contributed by atoms with Crippen molar-refractivity contribution in [3.63, 3.8) is 0 Å². The Bertz CT molecular complexity index is 996. The van der Waals surface area contributed by atoms with Gasteiger partial charge in [0, 0.05) is 10.8 Å². The highest BCUT2D eigenvalue weighted by molar-refractivity contribution is 8.02. The molecule has 2 aliphatic carbocycles. The highest BCUT2D eigenvalue weighted by atomic mass is 32.2. The van der Waals surface area contributed by atoms with Crippen LogP contribution in [0.4, 0.5) is 4.39 Å². The van der Waals surface area contributed by atoms with Crippen molar-refractivity contribution in [3.8, 4) is 0 Å². The molecule has 1 unspecified atom stereocenters. The lowest BCUT2D eigenvalue weighted by molar-refractivity contribution is 0.626. The summed E-state index contributed by atoms with van der Waals surface area (Å²) in [5.41, 5.74) is 8.01. The first-order chi connectivity index (χ1) is 14.1. The Hall–Kier alpha value is -1.71. The molecule has 0 spiro atoms. The predicted molar refractivity (Wildman–Crippen MR) is 127 cm³/mol. The highest BCUT2D eigenvalue weighted by Gasteiger charge is 2.28. The molecule has 0 bridgehead atoms. The molecule has 0 saturated carbocycles. The quantitative estimate of drug-likeness (QED) is 0.432. The molecule has 0 heterocycles. The normalized spacial score (nSPS) is 17.1. The van der Waals surface area contributed by atoms with E-state index in [9.17, 15) is 4.39 Å². The maximum absolute atomic E-state index is 13.8. The molecule has 1 atom stereocenters. The lowest BCUT2D eigenvalue weighted by atomic mass is 9.80. The molecule has 29 heavy (non-hydrogen) atoms. The second kappa shape index (κ2) is 8.97. The van der Waals surface area contributed by atoms with Crippen LogP contribution in [0.25, 0.3) is 5.57 Å². The van der Waals surface area contributed by atoms with Crippen molar-refractivity contribution >= 4 is 29.1 Å². The Morgan fingerprint density at radius 3 is 2.41 bits per heavy atom. The number of halogens is 1. The van der Waals surface area contributed by atoms with Crippen LogP contribution in [0, 0.1) is 5.82 Å². The van der Waals surface area contributed by atoms with Gasteiger partial charge in [-0.05, 0) is 96.6 Å². The van der Waals surface area contributed by atoms with Crippen LogP contribution in [0.2, 0.25) is 0 Å². The van der Waals surface area contributed by atoms with E-state index in [0.717, 1.165) is 31.2 Å². The van der Waals surface area contributed by atoms with Gasteiger partial charge in [-0.1, -0.05) is 41.5 Å². The molecule has 0 N–H and O–H groups in total. The maximum atomic E-state index is 13.8. The number of allylic oxidation sites excluding steroid dienone is 6. The van der Waals surface area contributed by atoms with E-state index in [-0.39, 0.29) is 5.82 Å². The van der Waals surface area contributed by atoms with Crippen LogP contribution in [-0.4, -0.2) is 12.5 Å². The molecule has 0 nitrogen and oxygen atoms in total. The predicted octanol–water partition coefficient (Wildman–Crippen LogP) is 8.02. The van der Waals surface area contributed by atoms with Gasteiger partial charge in [-0.25, -0.2) is 4.39 Å². The van der Waals surface area contributed by atoms with Crippen molar-refractivity contribution in [1.82, 2.24) is 0 Å². The number of hydrogen-bond acceptors (Lipinski definition) is 2. The fraction of sp³-hybridized carbons (Fsp3) is 0.308. The number of benzene rings is 2. The molecular weight excluding hydrogens is 395 g/mol. The van der Waals surface area contributed by atoms with Gasteiger partial charge in [0.15, 0.2) is 0 Å². The summed E-state index contributed by atoms with van der Waals surface area (Å²) in [6.07, 6.45) is 13.1. The minimum atomic E-state index is -0.136. The lowest BCUT2D eigenvalue weighted by Crippen LogP contribution is -2.06. The molecule has 0 amide bonds. The van der Waals surface area contributed by atoms with E-state index in [2.05, 4.69) is 55.9 Å². The fourth-order valence-corrected chi connectivity index (χ4v) is 5.47. The Labute approximate surface area is 182 Å². The smallest absolute Gasteiger partial charge is 0.123 e. The van der Waals surface area contributed by atoms with Crippen molar-refractivity contribution < 1.29 is 4.39 Å². The fourth-order valence-electron chi connectivity index (χ4n) is 4.55. The van der Waals surface area contributed by atoms with Gasteiger partial charge in [0.25, 0.3) is 0 Å². The zero-order valence-corrected chi connectivity index (χ0v) is 18.9. The Morgan fingerprint density at radius 1 is 0.966 bits per heavy atom. The van der Waals surface area contributed by atoms with Gasteiger partial charge in [-0.15, -0.1) is 23.5 Å². The first-order valence-electron chi connectivity index (χ1n) is 10.1. The van der Waals surface area contributed by atoms with Crippen molar-refractivity contribution in [1.29, 1.82) is 0 Å². The summed E-state index contributed by atoms with van der Waals surface area (Å²) in [5.74, 6) is 0.177. The third-order valence-corrected chi connectivity index (χ3v) is 7.67. The molecule has 3 heteroatoms. The summed E-state index contributed by atoms with van der Waals surface area (Å²) in [6, 6.07) is 14.3. The summed E-state index contributed by atoms with van der Waals surface area (Å²) >= 11 is 3.63. The van der Waals surface area contributed by atoms with Crippen LogP contribution in [0.15, 0.2) is 75.6 Å². The summed E-state index contributed by atoms with van der Waals surface area (Å²) < 4.78 is 13.8. The SMILES string of the molecule is CSC1=CC=C(CC(C2=C(C)Cc3cc(F)ccc32)c2ccc(SC)cc2)CC1. The van der Waals surface area contributed by atoms with Gasteiger partial charge in [-0.3, -0.25) is 0 Å². The highest BCUT2D eigenvalue weighted by Crippen LogP contribution is 2.46. The van der Waals surface area contributed by atoms with E-state index in [0.29, 0.717) is 5.92 Å². The molecular formula is C26H27FS2. The van der Waals surface area contributed by atoms with Crippen LogP contribution in [0.5, 0.6) is 0 Å². The maximum Gasteiger partial charge on any atom is 0.123 e. The van der Waals surface area contributed by atoms with Gasteiger partial charge in [0.2, 0.25) is 0 Å². The zero-order chi connectivity index (χ0) is 20.4. The van der Waals surface area contributed by atoms with Crippen LogP contribution >= 0.6 is 23.5 Å². The van der Waals surface area contributed by atoms with Crippen molar-refractivity contribution in [3.05, 3.63) is 93.2 Å². The third-order valence-electron chi connectivity index (χ3n) is 6.07. The summed E-state index contributed by atoms with van der Waals surface area (Å²) in [5, 5.41) is 0. The van der Waals surface area contributed by atoms with Gasteiger partial charge in [0.1, 0.15) is 5.82 Å². The zero-order valence-electron chi connectivity index (χ0n) is 17.3. The molecule has 150 valence electrons. The van der Waals surface area contributed by atoms with Crippen molar-refractivity contribution in [2.75, 3.05) is 12.5 Å². The summed E-state index contributed by atoms with van der Waals surface area (Å²) in [4.78, 5) is 2.75. The molecule has 4 rings (SSSR count). The molecule has 2 aromatic rings. The van der Waals surface area contributed by atoms with E-state index in [1.54, 1.807) is 23.9 Å². The Kier molecular flexibility index (Phi) is 6.36. The van der Waals surface area contributed by atoms with Crippen molar-refractivity contribution in [2.24, 2.45) is 0 Å². The van der Waals surface area contributed by atoms with Crippen LogP contribution in [-0.2, 0) is 6.42 Å². The number of fused-ring (bicyclic) bond motifs is 1. The average Bonchev–Trinajstić information content (AvgIpc) is 3.07. The van der Waals surface area contributed by atoms with E-state index in [4.69, 9.17) is 0 Å². The second-order valence-corrected chi connectivity index (χ2v) is 9.68. The molecule has 2 aliphatic rings. The van der Waals surface area contributed by atoms with Crippen LogP contribution < -0.4 is 0 Å². The average molecular weight is 423 g/mol.